The van der Waals surface area contributed by atoms with Crippen LogP contribution >= 0.6 is 0 Å². The number of carbonyl (C=O) groups is 2. The summed E-state index contributed by atoms with van der Waals surface area (Å²) in [5.74, 6) is -0.467. The van der Waals surface area contributed by atoms with Crippen LogP contribution in [0, 0.1) is 0 Å². The standard InChI is InChI=1S/C22H34N2O5/c1-27-17-29-19-11-13-24(14-12-19)22(26)20(18-8-4-2-5-9-18)16-28-15-7-3-6-10-21(23)25/h2,4-5,8-9,19-20H,3,6-7,10-17H2,1H3,(H2,23,25). The molecule has 1 aliphatic heterocycles. The predicted octanol–water partition coefficient (Wildman–Crippen LogP) is 2.44. The first-order valence-corrected chi connectivity index (χ1v) is 10.4. The van der Waals surface area contributed by atoms with Gasteiger partial charge in [-0.3, -0.25) is 9.59 Å². The second-order valence-corrected chi connectivity index (χ2v) is 7.41. The van der Waals surface area contributed by atoms with Gasteiger partial charge in [-0.25, -0.2) is 0 Å². The van der Waals surface area contributed by atoms with Crippen molar-refractivity contribution in [2.45, 2.75) is 50.5 Å². The summed E-state index contributed by atoms with van der Waals surface area (Å²) in [5, 5.41) is 0. The number of likely N-dealkylation sites (tertiary alicyclic amines) is 1. The molecule has 0 radical (unpaired) electrons. The van der Waals surface area contributed by atoms with Gasteiger partial charge in [-0.1, -0.05) is 36.8 Å². The molecule has 1 aromatic carbocycles. The summed E-state index contributed by atoms with van der Waals surface area (Å²) in [5.41, 5.74) is 6.12. The van der Waals surface area contributed by atoms with E-state index in [-0.39, 0.29) is 23.8 Å². The van der Waals surface area contributed by atoms with Crippen molar-refractivity contribution in [2.24, 2.45) is 5.73 Å². The monoisotopic (exact) mass is 406 g/mol. The Labute approximate surface area is 173 Å². The first kappa shape index (κ1) is 23.3. The van der Waals surface area contributed by atoms with E-state index in [4.69, 9.17) is 19.9 Å². The summed E-state index contributed by atoms with van der Waals surface area (Å²) < 4.78 is 16.4. The van der Waals surface area contributed by atoms with Gasteiger partial charge in [-0.2, -0.15) is 0 Å². The largest absolute Gasteiger partial charge is 0.380 e. The van der Waals surface area contributed by atoms with Gasteiger partial charge in [-0.05, 0) is 31.2 Å². The second-order valence-electron chi connectivity index (χ2n) is 7.41. The van der Waals surface area contributed by atoms with Crippen molar-refractivity contribution >= 4 is 11.8 Å². The molecule has 1 fully saturated rings. The Balaban J connectivity index is 1.83. The number of rotatable bonds is 13. The number of ether oxygens (including phenoxy) is 3. The van der Waals surface area contributed by atoms with Crippen LogP contribution in [0.2, 0.25) is 0 Å². The van der Waals surface area contributed by atoms with E-state index in [1.807, 2.05) is 35.2 Å². The van der Waals surface area contributed by atoms with Crippen molar-refractivity contribution in [2.75, 3.05) is 40.2 Å². The lowest BCUT2D eigenvalue weighted by molar-refractivity contribution is -0.139. The predicted molar refractivity (Wildman–Crippen MR) is 110 cm³/mol. The van der Waals surface area contributed by atoms with E-state index in [1.165, 1.54) is 0 Å². The van der Waals surface area contributed by atoms with Crippen molar-refractivity contribution in [1.29, 1.82) is 0 Å². The van der Waals surface area contributed by atoms with Gasteiger partial charge in [0, 0.05) is 33.2 Å². The van der Waals surface area contributed by atoms with Gasteiger partial charge in [0.25, 0.3) is 0 Å². The molecule has 29 heavy (non-hydrogen) atoms. The molecule has 0 aliphatic carbocycles. The first-order chi connectivity index (χ1) is 14.1. The molecule has 0 bridgehead atoms. The van der Waals surface area contributed by atoms with E-state index in [0.717, 1.165) is 37.7 Å². The molecule has 0 aromatic heterocycles. The highest BCUT2D eigenvalue weighted by Crippen LogP contribution is 2.23. The number of piperidine rings is 1. The summed E-state index contributed by atoms with van der Waals surface area (Å²) in [7, 11) is 1.61. The maximum Gasteiger partial charge on any atom is 0.232 e. The summed E-state index contributed by atoms with van der Waals surface area (Å²) in [6.45, 7) is 2.59. The Morgan fingerprint density at radius 1 is 1.14 bits per heavy atom. The van der Waals surface area contributed by atoms with Crippen molar-refractivity contribution in [3.05, 3.63) is 35.9 Å². The summed E-state index contributed by atoms with van der Waals surface area (Å²) in [6, 6.07) is 9.80. The fraction of sp³-hybridized carbons (Fsp3) is 0.636. The van der Waals surface area contributed by atoms with Gasteiger partial charge in [0.1, 0.15) is 6.79 Å². The minimum atomic E-state index is -0.307. The highest BCUT2D eigenvalue weighted by atomic mass is 16.7. The van der Waals surface area contributed by atoms with E-state index < -0.39 is 0 Å². The third kappa shape index (κ3) is 8.51. The normalized spacial score (nSPS) is 16.0. The van der Waals surface area contributed by atoms with Crippen LogP contribution in [0.25, 0.3) is 0 Å². The zero-order valence-corrected chi connectivity index (χ0v) is 17.4. The van der Waals surface area contributed by atoms with Crippen LogP contribution in [0.4, 0.5) is 0 Å². The van der Waals surface area contributed by atoms with Crippen molar-refractivity contribution in [3.8, 4) is 0 Å². The number of hydrogen-bond donors (Lipinski definition) is 1. The smallest absolute Gasteiger partial charge is 0.232 e. The van der Waals surface area contributed by atoms with Gasteiger partial charge in [0.2, 0.25) is 11.8 Å². The maximum absolute atomic E-state index is 13.2. The van der Waals surface area contributed by atoms with E-state index in [9.17, 15) is 9.59 Å². The van der Waals surface area contributed by atoms with Gasteiger partial charge in [0.05, 0.1) is 18.6 Å². The number of hydrogen-bond acceptors (Lipinski definition) is 5. The topological polar surface area (TPSA) is 91.1 Å². The van der Waals surface area contributed by atoms with Crippen LogP contribution in [0.3, 0.4) is 0 Å². The zero-order chi connectivity index (χ0) is 20.9. The number of benzene rings is 1. The SMILES string of the molecule is COCOC1CCN(C(=O)C(COCCCCCC(N)=O)c2ccccc2)CC1. The van der Waals surface area contributed by atoms with Crippen LogP contribution in [0.1, 0.15) is 50.0 Å². The number of unbranched alkanes of at least 4 members (excludes halogenated alkanes) is 2. The van der Waals surface area contributed by atoms with E-state index in [1.54, 1.807) is 7.11 Å². The Kier molecular flexibility index (Phi) is 10.7. The average Bonchev–Trinajstić information content (AvgIpc) is 2.74. The molecule has 1 aromatic rings. The third-order valence-corrected chi connectivity index (χ3v) is 5.17. The van der Waals surface area contributed by atoms with Gasteiger partial charge in [-0.15, -0.1) is 0 Å². The molecule has 2 amide bonds. The Morgan fingerprint density at radius 2 is 1.86 bits per heavy atom. The van der Waals surface area contributed by atoms with Crippen molar-refractivity contribution < 1.29 is 23.8 Å². The Morgan fingerprint density at radius 3 is 2.52 bits per heavy atom. The van der Waals surface area contributed by atoms with E-state index in [0.29, 0.717) is 39.5 Å². The molecule has 7 heteroatoms. The molecule has 162 valence electrons. The summed E-state index contributed by atoms with van der Waals surface area (Å²) >= 11 is 0. The van der Waals surface area contributed by atoms with Crippen LogP contribution in [-0.2, 0) is 23.8 Å². The average molecular weight is 407 g/mol. The molecule has 2 N–H and O–H groups in total. The molecule has 2 rings (SSSR count). The summed E-state index contributed by atoms with van der Waals surface area (Å²) in [4.78, 5) is 25.9. The molecule has 1 unspecified atom stereocenters. The molecule has 7 nitrogen and oxygen atoms in total. The zero-order valence-electron chi connectivity index (χ0n) is 17.4. The Bertz CT molecular complexity index is 602. The maximum atomic E-state index is 13.2. The highest BCUT2D eigenvalue weighted by Gasteiger charge is 2.29. The minimum Gasteiger partial charge on any atom is -0.380 e. The molecule has 1 atom stereocenters. The van der Waals surface area contributed by atoms with Gasteiger partial charge < -0.3 is 24.8 Å². The number of primary amides is 1. The third-order valence-electron chi connectivity index (χ3n) is 5.17. The van der Waals surface area contributed by atoms with Crippen molar-refractivity contribution in [1.82, 2.24) is 4.90 Å². The van der Waals surface area contributed by atoms with Crippen LogP contribution in [-0.4, -0.2) is 63.0 Å². The van der Waals surface area contributed by atoms with E-state index in [2.05, 4.69) is 0 Å². The first-order valence-electron chi connectivity index (χ1n) is 10.4. The molecule has 1 aliphatic rings. The van der Waals surface area contributed by atoms with E-state index >= 15 is 0 Å². The molecular formula is C22H34N2O5. The molecule has 1 heterocycles. The molecule has 1 saturated heterocycles. The highest BCUT2D eigenvalue weighted by molar-refractivity contribution is 5.84. The fourth-order valence-electron chi connectivity index (χ4n) is 3.50. The molecule has 0 spiro atoms. The number of methoxy groups -OCH3 is 1. The number of carbonyl (C=O) groups excluding carboxylic acids is 2. The number of nitrogens with two attached hydrogens (primary N) is 1. The van der Waals surface area contributed by atoms with Crippen molar-refractivity contribution in [3.63, 3.8) is 0 Å². The van der Waals surface area contributed by atoms with Gasteiger partial charge >= 0.3 is 0 Å². The Hall–Kier alpha value is -1.96. The quantitative estimate of drug-likeness (QED) is 0.401. The molecular weight excluding hydrogens is 372 g/mol. The lowest BCUT2D eigenvalue weighted by Crippen LogP contribution is -2.44. The lowest BCUT2D eigenvalue weighted by atomic mass is 9.97. The number of nitrogens with zero attached hydrogens (tertiary/aromatic N) is 1. The van der Waals surface area contributed by atoms with Gasteiger partial charge in [0.15, 0.2) is 0 Å². The van der Waals surface area contributed by atoms with Crippen LogP contribution in [0.5, 0.6) is 0 Å². The second kappa shape index (κ2) is 13.3. The number of amides is 2. The van der Waals surface area contributed by atoms with Crippen LogP contribution in [0.15, 0.2) is 30.3 Å². The summed E-state index contributed by atoms with van der Waals surface area (Å²) in [6.07, 6.45) is 4.71. The fourth-order valence-corrected chi connectivity index (χ4v) is 3.50. The molecule has 0 saturated carbocycles. The minimum absolute atomic E-state index is 0.107. The van der Waals surface area contributed by atoms with Crippen LogP contribution < -0.4 is 5.73 Å². The lowest BCUT2D eigenvalue weighted by Gasteiger charge is -2.34.